The Morgan fingerprint density at radius 1 is 1.28 bits per heavy atom. The molecule has 1 aliphatic heterocycles. The highest BCUT2D eigenvalue weighted by atomic mass is 16.5. The first-order valence-electron chi connectivity index (χ1n) is 9.84. The summed E-state index contributed by atoms with van der Waals surface area (Å²) in [5.41, 5.74) is 3.39. The van der Waals surface area contributed by atoms with E-state index in [9.17, 15) is 4.79 Å². The Kier molecular flexibility index (Phi) is 5.86. The standard InChI is InChI=1S/C22H25N5O2/c1-29-19-9-7-16(8-10-19)22(28)25-20-13-24-26-21(20)17-5-4-12-27(14-17)15-18-6-2-3-11-23-18/h2-3,6-11,13,17H,4-5,12,14-15H2,1H3,(H,24,26)(H,25,28). The van der Waals surface area contributed by atoms with E-state index in [4.69, 9.17) is 4.74 Å². The molecule has 7 nitrogen and oxygen atoms in total. The molecule has 1 saturated heterocycles. The lowest BCUT2D eigenvalue weighted by Gasteiger charge is -2.32. The van der Waals surface area contributed by atoms with Crippen molar-refractivity contribution in [3.05, 3.63) is 71.8 Å². The lowest BCUT2D eigenvalue weighted by Crippen LogP contribution is -2.34. The van der Waals surface area contributed by atoms with Gasteiger partial charge in [-0.1, -0.05) is 6.07 Å². The van der Waals surface area contributed by atoms with Crippen LogP contribution >= 0.6 is 0 Å². The van der Waals surface area contributed by atoms with Crippen LogP contribution in [-0.2, 0) is 6.54 Å². The minimum Gasteiger partial charge on any atom is -0.497 e. The fourth-order valence-electron chi connectivity index (χ4n) is 3.80. The minimum absolute atomic E-state index is 0.156. The van der Waals surface area contributed by atoms with Crippen molar-refractivity contribution in [3.8, 4) is 5.75 Å². The fourth-order valence-corrected chi connectivity index (χ4v) is 3.80. The number of hydrogen-bond acceptors (Lipinski definition) is 5. The quantitative estimate of drug-likeness (QED) is 0.673. The largest absolute Gasteiger partial charge is 0.497 e. The predicted octanol–water partition coefficient (Wildman–Crippen LogP) is 3.45. The van der Waals surface area contributed by atoms with Crippen molar-refractivity contribution in [2.75, 3.05) is 25.5 Å². The highest BCUT2D eigenvalue weighted by Gasteiger charge is 2.25. The number of nitrogens with one attached hydrogen (secondary N) is 2. The maximum absolute atomic E-state index is 12.6. The molecule has 1 aliphatic rings. The van der Waals surface area contributed by atoms with Gasteiger partial charge in [-0.05, 0) is 55.8 Å². The van der Waals surface area contributed by atoms with Crippen LogP contribution in [0.3, 0.4) is 0 Å². The number of anilines is 1. The van der Waals surface area contributed by atoms with E-state index in [1.54, 1.807) is 37.6 Å². The van der Waals surface area contributed by atoms with E-state index in [2.05, 4.69) is 31.5 Å². The molecule has 1 amide bonds. The predicted molar refractivity (Wildman–Crippen MR) is 111 cm³/mol. The average Bonchev–Trinajstić information content (AvgIpc) is 3.23. The monoisotopic (exact) mass is 391 g/mol. The lowest BCUT2D eigenvalue weighted by atomic mass is 9.94. The summed E-state index contributed by atoms with van der Waals surface area (Å²) in [7, 11) is 1.61. The number of benzene rings is 1. The number of pyridine rings is 1. The topological polar surface area (TPSA) is 83.1 Å². The molecule has 1 aromatic carbocycles. The number of methoxy groups -OCH3 is 1. The van der Waals surface area contributed by atoms with Crippen molar-refractivity contribution in [1.29, 1.82) is 0 Å². The Morgan fingerprint density at radius 2 is 2.14 bits per heavy atom. The second-order valence-electron chi connectivity index (χ2n) is 7.28. The van der Waals surface area contributed by atoms with Crippen LogP contribution in [0.4, 0.5) is 5.69 Å². The molecule has 0 radical (unpaired) electrons. The molecular weight excluding hydrogens is 366 g/mol. The summed E-state index contributed by atoms with van der Waals surface area (Å²) in [6.07, 6.45) is 5.68. The Morgan fingerprint density at radius 3 is 2.90 bits per heavy atom. The van der Waals surface area contributed by atoms with Gasteiger partial charge in [0.1, 0.15) is 5.75 Å². The highest BCUT2D eigenvalue weighted by molar-refractivity contribution is 6.04. The molecule has 0 aliphatic carbocycles. The molecule has 1 atom stereocenters. The van der Waals surface area contributed by atoms with E-state index in [0.717, 1.165) is 55.3 Å². The molecule has 0 saturated carbocycles. The number of aromatic amines is 1. The molecule has 2 N–H and O–H groups in total. The number of nitrogens with zero attached hydrogens (tertiary/aromatic N) is 3. The average molecular weight is 391 g/mol. The zero-order valence-corrected chi connectivity index (χ0v) is 16.5. The van der Waals surface area contributed by atoms with Gasteiger partial charge in [0.25, 0.3) is 5.91 Å². The highest BCUT2D eigenvalue weighted by Crippen LogP contribution is 2.31. The van der Waals surface area contributed by atoms with Crippen molar-refractivity contribution in [1.82, 2.24) is 20.1 Å². The SMILES string of the molecule is COc1ccc(C(=O)Nc2cn[nH]c2C2CCCN(Cc3ccccn3)C2)cc1. The van der Waals surface area contributed by atoms with Gasteiger partial charge in [-0.3, -0.25) is 19.8 Å². The zero-order chi connectivity index (χ0) is 20.1. The van der Waals surface area contributed by atoms with E-state index < -0.39 is 0 Å². The molecule has 3 heterocycles. The van der Waals surface area contributed by atoms with Crippen LogP contribution < -0.4 is 10.1 Å². The van der Waals surface area contributed by atoms with Gasteiger partial charge >= 0.3 is 0 Å². The van der Waals surface area contributed by atoms with Crippen LogP contribution in [-0.4, -0.2) is 46.2 Å². The summed E-state index contributed by atoms with van der Waals surface area (Å²) in [6.45, 7) is 2.79. The number of H-pyrrole nitrogens is 1. The fraction of sp³-hybridized carbons (Fsp3) is 0.318. The van der Waals surface area contributed by atoms with Gasteiger partial charge in [-0.25, -0.2) is 0 Å². The van der Waals surface area contributed by atoms with Crippen molar-refractivity contribution >= 4 is 11.6 Å². The van der Waals surface area contributed by atoms with Crippen LogP contribution in [0.25, 0.3) is 0 Å². The Hall–Kier alpha value is -3.19. The van der Waals surface area contributed by atoms with E-state index in [1.807, 2.05) is 18.3 Å². The van der Waals surface area contributed by atoms with Crippen LogP contribution in [0.1, 0.15) is 40.5 Å². The number of ether oxygens (including phenoxy) is 1. The maximum atomic E-state index is 12.6. The molecule has 150 valence electrons. The summed E-state index contributed by atoms with van der Waals surface area (Å²) >= 11 is 0. The van der Waals surface area contributed by atoms with E-state index in [-0.39, 0.29) is 5.91 Å². The second-order valence-corrected chi connectivity index (χ2v) is 7.28. The first kappa shape index (κ1) is 19.1. The Labute approximate surface area is 170 Å². The van der Waals surface area contributed by atoms with Gasteiger partial charge in [0.15, 0.2) is 0 Å². The number of carbonyl (C=O) groups excluding carboxylic acids is 1. The molecule has 1 unspecified atom stereocenters. The van der Waals surface area contributed by atoms with Gasteiger partial charge in [-0.15, -0.1) is 0 Å². The maximum Gasteiger partial charge on any atom is 0.255 e. The molecule has 1 fully saturated rings. The van der Waals surface area contributed by atoms with Crippen molar-refractivity contribution in [3.63, 3.8) is 0 Å². The number of likely N-dealkylation sites (tertiary alicyclic amines) is 1. The van der Waals surface area contributed by atoms with Gasteiger partial charge in [-0.2, -0.15) is 5.10 Å². The third-order valence-corrected chi connectivity index (χ3v) is 5.29. The molecule has 2 aromatic heterocycles. The van der Waals surface area contributed by atoms with E-state index >= 15 is 0 Å². The number of amides is 1. The Bertz CT molecular complexity index is 939. The minimum atomic E-state index is -0.156. The van der Waals surface area contributed by atoms with Crippen LogP contribution in [0.2, 0.25) is 0 Å². The molecule has 0 spiro atoms. The second kappa shape index (κ2) is 8.87. The number of aromatic nitrogens is 3. The third-order valence-electron chi connectivity index (χ3n) is 5.29. The molecule has 29 heavy (non-hydrogen) atoms. The molecule has 7 heteroatoms. The first-order chi connectivity index (χ1) is 14.2. The summed E-state index contributed by atoms with van der Waals surface area (Å²) in [5.74, 6) is 0.860. The van der Waals surface area contributed by atoms with Crippen LogP contribution in [0.15, 0.2) is 54.9 Å². The van der Waals surface area contributed by atoms with Gasteiger partial charge < -0.3 is 10.1 Å². The van der Waals surface area contributed by atoms with Crippen LogP contribution in [0, 0.1) is 0 Å². The zero-order valence-electron chi connectivity index (χ0n) is 16.5. The first-order valence-corrected chi connectivity index (χ1v) is 9.84. The summed E-state index contributed by atoms with van der Waals surface area (Å²) in [5, 5.41) is 10.3. The van der Waals surface area contributed by atoms with Crippen molar-refractivity contribution < 1.29 is 9.53 Å². The molecule has 0 bridgehead atoms. The van der Waals surface area contributed by atoms with E-state index in [1.165, 1.54) is 0 Å². The summed E-state index contributed by atoms with van der Waals surface area (Å²) in [4.78, 5) is 19.5. The number of hydrogen-bond donors (Lipinski definition) is 2. The van der Waals surface area contributed by atoms with Crippen molar-refractivity contribution in [2.24, 2.45) is 0 Å². The van der Waals surface area contributed by atoms with E-state index in [0.29, 0.717) is 11.5 Å². The smallest absolute Gasteiger partial charge is 0.255 e. The number of rotatable bonds is 6. The van der Waals surface area contributed by atoms with Crippen LogP contribution in [0.5, 0.6) is 5.75 Å². The van der Waals surface area contributed by atoms with Gasteiger partial charge in [0, 0.05) is 30.8 Å². The van der Waals surface area contributed by atoms with Crippen molar-refractivity contribution in [2.45, 2.75) is 25.3 Å². The Balaban J connectivity index is 1.43. The molecule has 3 aromatic rings. The molecule has 4 rings (SSSR count). The third kappa shape index (κ3) is 4.63. The molecular formula is C22H25N5O2. The number of carbonyl (C=O) groups is 1. The van der Waals surface area contributed by atoms with Gasteiger partial charge in [0.05, 0.1) is 30.4 Å². The normalized spacial score (nSPS) is 17.1. The van der Waals surface area contributed by atoms with Gasteiger partial charge in [0.2, 0.25) is 0 Å². The lowest BCUT2D eigenvalue weighted by molar-refractivity contribution is 0.102. The summed E-state index contributed by atoms with van der Waals surface area (Å²) < 4.78 is 5.15. The summed E-state index contributed by atoms with van der Waals surface area (Å²) in [6, 6.07) is 13.1. The number of piperidine rings is 1.